The van der Waals surface area contributed by atoms with E-state index in [0.717, 1.165) is 11.1 Å². The molecule has 0 aliphatic carbocycles. The van der Waals surface area contributed by atoms with Gasteiger partial charge in [0.15, 0.2) is 6.29 Å². The van der Waals surface area contributed by atoms with Gasteiger partial charge in [-0.2, -0.15) is 0 Å². The van der Waals surface area contributed by atoms with E-state index in [9.17, 15) is 9.90 Å². The number of hydrogen-bond donors (Lipinski definition) is 1. The van der Waals surface area contributed by atoms with Crippen molar-refractivity contribution in [2.75, 3.05) is 0 Å². The van der Waals surface area contributed by atoms with Crippen molar-refractivity contribution in [3.63, 3.8) is 0 Å². The smallest absolute Gasteiger partial charge is 0.153 e. The molecule has 0 amide bonds. The largest absolute Gasteiger partial charge is 0.507 e. The normalized spacial score (nSPS) is 11.0. The third kappa shape index (κ3) is 2.70. The van der Waals surface area contributed by atoms with Gasteiger partial charge in [0.1, 0.15) is 5.75 Å². The van der Waals surface area contributed by atoms with Crippen LogP contribution in [0.15, 0.2) is 60.7 Å². The minimum Gasteiger partial charge on any atom is -0.507 e. The molecular weight excluding hydrogens is 260 g/mol. The van der Waals surface area contributed by atoms with Crippen molar-refractivity contribution < 1.29 is 9.90 Å². The lowest BCUT2D eigenvalue weighted by atomic mass is 10.0. The molecule has 3 rings (SSSR count). The molecule has 1 N–H and O–H groups in total. The van der Waals surface area contributed by atoms with Crippen LogP contribution in [-0.4, -0.2) is 11.4 Å². The summed E-state index contributed by atoms with van der Waals surface area (Å²) in [5.41, 5.74) is 2.30. The molecule has 0 heterocycles. The zero-order valence-electron chi connectivity index (χ0n) is 11.4. The van der Waals surface area contributed by atoms with Crippen LogP contribution in [0.3, 0.4) is 0 Å². The number of rotatable bonds is 3. The molecule has 0 aliphatic heterocycles. The predicted octanol–water partition coefficient (Wildman–Crippen LogP) is 4.53. The Balaban J connectivity index is 2.00. The molecule has 0 saturated carbocycles. The van der Waals surface area contributed by atoms with Crippen LogP contribution in [0.4, 0.5) is 0 Å². The van der Waals surface area contributed by atoms with Crippen molar-refractivity contribution >= 4 is 29.2 Å². The van der Waals surface area contributed by atoms with Crippen LogP contribution in [0.2, 0.25) is 0 Å². The second kappa shape index (κ2) is 5.63. The van der Waals surface area contributed by atoms with E-state index >= 15 is 0 Å². The van der Waals surface area contributed by atoms with Crippen LogP contribution in [-0.2, 0) is 0 Å². The van der Waals surface area contributed by atoms with Gasteiger partial charge in [-0.1, -0.05) is 60.7 Å². The number of aldehydes is 1. The predicted molar refractivity (Wildman–Crippen MR) is 86.4 cm³/mol. The first kappa shape index (κ1) is 13.1. The fraction of sp³-hybridized carbons (Fsp3) is 0. The fourth-order valence-corrected chi connectivity index (χ4v) is 2.35. The van der Waals surface area contributed by atoms with Crippen molar-refractivity contribution in [1.82, 2.24) is 0 Å². The van der Waals surface area contributed by atoms with Crippen LogP contribution < -0.4 is 0 Å². The van der Waals surface area contributed by atoms with Crippen molar-refractivity contribution in [3.8, 4) is 5.75 Å². The minimum atomic E-state index is 0.00677. The second-order valence-corrected chi connectivity index (χ2v) is 4.84. The molecule has 0 fully saturated rings. The third-order valence-electron chi connectivity index (χ3n) is 3.46. The molecule has 0 aliphatic rings. The highest BCUT2D eigenvalue weighted by Crippen LogP contribution is 2.22. The molecule has 3 aromatic carbocycles. The van der Waals surface area contributed by atoms with E-state index < -0.39 is 0 Å². The summed E-state index contributed by atoms with van der Waals surface area (Å²) in [5, 5.41) is 11.9. The van der Waals surface area contributed by atoms with Crippen molar-refractivity contribution in [3.05, 3.63) is 77.4 Å². The van der Waals surface area contributed by atoms with Gasteiger partial charge < -0.3 is 5.11 Å². The number of benzene rings is 3. The Morgan fingerprint density at radius 1 is 0.810 bits per heavy atom. The molecule has 0 spiro atoms. The highest BCUT2D eigenvalue weighted by molar-refractivity contribution is 5.93. The average molecular weight is 274 g/mol. The van der Waals surface area contributed by atoms with Crippen LogP contribution >= 0.6 is 0 Å². The van der Waals surface area contributed by atoms with E-state index in [2.05, 4.69) is 24.3 Å². The molecular formula is C19H14O2. The first-order valence-corrected chi connectivity index (χ1v) is 6.72. The molecule has 0 atom stereocenters. The number of carbonyl (C=O) groups is 1. The topological polar surface area (TPSA) is 37.3 Å². The van der Waals surface area contributed by atoms with E-state index in [1.807, 2.05) is 30.4 Å². The summed E-state index contributed by atoms with van der Waals surface area (Å²) in [6.45, 7) is 0. The van der Waals surface area contributed by atoms with Gasteiger partial charge >= 0.3 is 0 Å². The number of phenolic OH excluding ortho intramolecular Hbond substituents is 1. The Bertz CT molecular complexity index is 827. The van der Waals surface area contributed by atoms with E-state index in [1.165, 1.54) is 16.8 Å². The summed E-state index contributed by atoms with van der Waals surface area (Å²) in [6, 6.07) is 19.4. The Hall–Kier alpha value is -2.87. The number of fused-ring (bicyclic) bond motifs is 1. The van der Waals surface area contributed by atoms with E-state index in [4.69, 9.17) is 0 Å². The lowest BCUT2D eigenvalue weighted by Gasteiger charge is -2.02. The molecule has 21 heavy (non-hydrogen) atoms. The Labute approximate surface area is 123 Å². The maximum Gasteiger partial charge on any atom is 0.153 e. The van der Waals surface area contributed by atoms with E-state index in [-0.39, 0.29) is 5.75 Å². The maximum atomic E-state index is 10.8. The molecule has 0 radical (unpaired) electrons. The number of carbonyl (C=O) groups excluding carboxylic acids is 1. The van der Waals surface area contributed by atoms with Gasteiger partial charge in [-0.25, -0.2) is 0 Å². The second-order valence-electron chi connectivity index (χ2n) is 4.84. The number of phenols is 1. The van der Waals surface area contributed by atoms with Gasteiger partial charge in [-0.05, 0) is 34.0 Å². The monoisotopic (exact) mass is 274 g/mol. The summed E-state index contributed by atoms with van der Waals surface area (Å²) in [5.74, 6) is 0.00677. The van der Waals surface area contributed by atoms with Gasteiger partial charge in [0.05, 0.1) is 5.56 Å². The van der Waals surface area contributed by atoms with Gasteiger partial charge in [-0.15, -0.1) is 0 Å². The molecule has 0 unspecified atom stereocenters. The summed E-state index contributed by atoms with van der Waals surface area (Å²) < 4.78 is 0. The van der Waals surface area contributed by atoms with E-state index in [1.54, 1.807) is 12.1 Å². The molecule has 2 heteroatoms. The number of aromatic hydroxyl groups is 1. The first-order chi connectivity index (χ1) is 10.3. The maximum absolute atomic E-state index is 10.8. The highest BCUT2D eigenvalue weighted by Gasteiger charge is 2.00. The van der Waals surface area contributed by atoms with Gasteiger partial charge in [0.2, 0.25) is 0 Å². The van der Waals surface area contributed by atoms with E-state index in [0.29, 0.717) is 11.8 Å². The highest BCUT2D eigenvalue weighted by atomic mass is 16.3. The molecule has 3 aromatic rings. The summed E-state index contributed by atoms with van der Waals surface area (Å²) in [7, 11) is 0. The molecule has 0 bridgehead atoms. The number of hydrogen-bond acceptors (Lipinski definition) is 2. The zero-order chi connectivity index (χ0) is 14.7. The minimum absolute atomic E-state index is 0.00677. The molecule has 0 saturated heterocycles. The molecule has 0 aromatic heterocycles. The Morgan fingerprint density at radius 3 is 2.48 bits per heavy atom. The standard InChI is InChI=1S/C19H14O2/c20-13-17-12-14(9-11-19(17)21)8-10-16-6-3-5-15-4-1-2-7-18(15)16/h1-13,21H/b10-8+. The lowest BCUT2D eigenvalue weighted by Crippen LogP contribution is -1.83. The van der Waals surface area contributed by atoms with Crippen LogP contribution in [0, 0.1) is 0 Å². The van der Waals surface area contributed by atoms with Crippen molar-refractivity contribution in [1.29, 1.82) is 0 Å². The summed E-state index contributed by atoms with van der Waals surface area (Å²) in [6.07, 6.45) is 4.61. The third-order valence-corrected chi connectivity index (χ3v) is 3.46. The first-order valence-electron chi connectivity index (χ1n) is 6.72. The van der Waals surface area contributed by atoms with Gasteiger partial charge in [-0.3, -0.25) is 4.79 Å². The van der Waals surface area contributed by atoms with Crippen LogP contribution in [0.5, 0.6) is 5.75 Å². The zero-order valence-corrected chi connectivity index (χ0v) is 11.4. The van der Waals surface area contributed by atoms with Crippen LogP contribution in [0.25, 0.3) is 22.9 Å². The molecule has 102 valence electrons. The Kier molecular flexibility index (Phi) is 3.52. The summed E-state index contributed by atoms with van der Waals surface area (Å²) >= 11 is 0. The van der Waals surface area contributed by atoms with Gasteiger partial charge in [0, 0.05) is 0 Å². The Morgan fingerprint density at radius 2 is 1.62 bits per heavy atom. The fourth-order valence-electron chi connectivity index (χ4n) is 2.35. The van der Waals surface area contributed by atoms with Gasteiger partial charge in [0.25, 0.3) is 0 Å². The lowest BCUT2D eigenvalue weighted by molar-refractivity contribution is 0.112. The van der Waals surface area contributed by atoms with Crippen molar-refractivity contribution in [2.45, 2.75) is 0 Å². The molecule has 2 nitrogen and oxygen atoms in total. The SMILES string of the molecule is O=Cc1cc(/C=C/c2cccc3ccccc23)ccc1O. The summed E-state index contributed by atoms with van der Waals surface area (Å²) in [4.78, 5) is 10.8. The quantitative estimate of drug-likeness (QED) is 0.563. The average Bonchev–Trinajstić information content (AvgIpc) is 2.54. The van der Waals surface area contributed by atoms with Crippen molar-refractivity contribution in [2.24, 2.45) is 0 Å². The van der Waals surface area contributed by atoms with Crippen LogP contribution in [0.1, 0.15) is 21.5 Å².